The molecule has 0 N–H and O–H groups in total. The molecule has 128 valence electrons. The first-order chi connectivity index (χ1) is 12.3. The maximum atomic E-state index is 5.14. The molecule has 0 unspecified atom stereocenters. The van der Waals surface area contributed by atoms with Crippen molar-refractivity contribution in [3.63, 3.8) is 0 Å². The van der Waals surface area contributed by atoms with E-state index in [-0.39, 0.29) is 0 Å². The minimum Gasteiger partial charge on any atom is -0.497 e. The third-order valence-electron chi connectivity index (χ3n) is 3.97. The molecule has 0 amide bonds. The fourth-order valence-corrected chi connectivity index (χ4v) is 2.46. The third-order valence-corrected chi connectivity index (χ3v) is 3.97. The molecule has 0 aromatic heterocycles. The predicted octanol–water partition coefficient (Wildman–Crippen LogP) is 6.16. The Morgan fingerprint density at radius 2 is 1.36 bits per heavy atom. The van der Waals surface area contributed by atoms with E-state index < -0.39 is 0 Å². The molecule has 0 bridgehead atoms. The van der Waals surface area contributed by atoms with Gasteiger partial charge < -0.3 is 4.74 Å². The van der Waals surface area contributed by atoms with Gasteiger partial charge in [0.15, 0.2) is 0 Å². The van der Waals surface area contributed by atoms with E-state index in [4.69, 9.17) is 4.74 Å². The molecule has 1 heteroatoms. The Balaban J connectivity index is 1.82. The zero-order valence-electron chi connectivity index (χ0n) is 15.2. The van der Waals surface area contributed by atoms with Crippen molar-refractivity contribution in [2.24, 2.45) is 0 Å². The van der Waals surface area contributed by atoms with Crippen LogP contribution >= 0.6 is 0 Å². The molecule has 0 aliphatic heterocycles. The lowest BCUT2D eigenvalue weighted by atomic mass is 10.1. The van der Waals surface area contributed by atoms with Gasteiger partial charge in [-0.1, -0.05) is 68.0 Å². The Bertz CT molecular complexity index is 737. The summed E-state index contributed by atoms with van der Waals surface area (Å²) in [4.78, 5) is 0. The summed E-state index contributed by atoms with van der Waals surface area (Å²) in [6.45, 7) is 2.24. The SMILES string of the molecule is CCCCCc1ccc(/C=C/C#C/C=C/c2ccc(OC)cc2)cc1. The van der Waals surface area contributed by atoms with Crippen LogP contribution in [0, 0.1) is 11.8 Å². The summed E-state index contributed by atoms with van der Waals surface area (Å²) >= 11 is 0. The highest BCUT2D eigenvalue weighted by Crippen LogP contribution is 2.12. The van der Waals surface area contributed by atoms with Crippen LogP contribution in [-0.2, 0) is 6.42 Å². The van der Waals surface area contributed by atoms with Gasteiger partial charge in [0.2, 0.25) is 0 Å². The van der Waals surface area contributed by atoms with Gasteiger partial charge >= 0.3 is 0 Å². The molecule has 0 aliphatic carbocycles. The van der Waals surface area contributed by atoms with Gasteiger partial charge in [-0.05, 0) is 66.0 Å². The van der Waals surface area contributed by atoms with Gasteiger partial charge in [-0.3, -0.25) is 0 Å². The number of benzene rings is 2. The average molecular weight is 330 g/mol. The van der Waals surface area contributed by atoms with Gasteiger partial charge in [0, 0.05) is 0 Å². The van der Waals surface area contributed by atoms with Crippen molar-refractivity contribution in [1.29, 1.82) is 0 Å². The Hall–Kier alpha value is -2.72. The van der Waals surface area contributed by atoms with E-state index in [2.05, 4.69) is 43.0 Å². The summed E-state index contributed by atoms with van der Waals surface area (Å²) in [5.74, 6) is 6.93. The molecule has 0 aliphatic rings. The zero-order chi connectivity index (χ0) is 17.7. The van der Waals surface area contributed by atoms with Crippen LogP contribution in [0.2, 0.25) is 0 Å². The Morgan fingerprint density at radius 3 is 1.88 bits per heavy atom. The van der Waals surface area contributed by atoms with Crippen LogP contribution in [0.15, 0.2) is 60.7 Å². The van der Waals surface area contributed by atoms with E-state index in [9.17, 15) is 0 Å². The molecule has 0 saturated carbocycles. The molecule has 2 aromatic rings. The first-order valence-electron chi connectivity index (χ1n) is 8.89. The molecule has 25 heavy (non-hydrogen) atoms. The van der Waals surface area contributed by atoms with Crippen molar-refractivity contribution in [2.75, 3.05) is 7.11 Å². The molecule has 2 aromatic carbocycles. The minimum atomic E-state index is 0.863. The van der Waals surface area contributed by atoms with Crippen molar-refractivity contribution >= 4 is 12.2 Å². The van der Waals surface area contributed by atoms with Crippen LogP contribution in [0.5, 0.6) is 5.75 Å². The molecule has 0 atom stereocenters. The van der Waals surface area contributed by atoms with E-state index in [1.165, 1.54) is 36.8 Å². The zero-order valence-corrected chi connectivity index (χ0v) is 15.2. The lowest BCUT2D eigenvalue weighted by Gasteiger charge is -2.00. The molecule has 2 rings (SSSR count). The highest BCUT2D eigenvalue weighted by atomic mass is 16.5. The first-order valence-corrected chi connectivity index (χ1v) is 8.89. The van der Waals surface area contributed by atoms with Crippen molar-refractivity contribution in [1.82, 2.24) is 0 Å². The summed E-state index contributed by atoms with van der Waals surface area (Å²) in [7, 11) is 1.67. The summed E-state index contributed by atoms with van der Waals surface area (Å²) in [6, 6.07) is 16.7. The smallest absolute Gasteiger partial charge is 0.118 e. The fraction of sp³-hybridized carbons (Fsp3) is 0.250. The van der Waals surface area contributed by atoms with Crippen molar-refractivity contribution < 1.29 is 4.74 Å². The van der Waals surface area contributed by atoms with Gasteiger partial charge in [0.25, 0.3) is 0 Å². The number of aryl methyl sites for hydroxylation is 1. The minimum absolute atomic E-state index is 0.863. The van der Waals surface area contributed by atoms with Crippen molar-refractivity contribution in [3.8, 4) is 17.6 Å². The standard InChI is InChI=1S/C24H26O/c1-3-4-7-10-21-13-15-22(16-14-21)11-8-5-6-9-12-23-17-19-24(25-2)20-18-23/h8-9,11-20H,3-4,7,10H2,1-2H3/b11-8+,12-9+. The number of hydrogen-bond acceptors (Lipinski definition) is 1. The normalized spacial score (nSPS) is 10.8. The van der Waals surface area contributed by atoms with Gasteiger partial charge in [-0.15, -0.1) is 0 Å². The van der Waals surface area contributed by atoms with Crippen LogP contribution in [0.25, 0.3) is 12.2 Å². The van der Waals surface area contributed by atoms with Crippen LogP contribution in [0.3, 0.4) is 0 Å². The highest BCUT2D eigenvalue weighted by molar-refractivity contribution is 5.56. The Labute approximate surface area is 152 Å². The maximum Gasteiger partial charge on any atom is 0.118 e. The van der Waals surface area contributed by atoms with E-state index in [0.29, 0.717) is 0 Å². The van der Waals surface area contributed by atoms with Gasteiger partial charge in [-0.25, -0.2) is 0 Å². The molecule has 0 spiro atoms. The second-order valence-corrected chi connectivity index (χ2v) is 5.93. The lowest BCUT2D eigenvalue weighted by molar-refractivity contribution is 0.415. The molecule has 1 nitrogen and oxygen atoms in total. The third kappa shape index (κ3) is 7.14. The quantitative estimate of drug-likeness (QED) is 0.436. The van der Waals surface area contributed by atoms with E-state index in [0.717, 1.165) is 11.3 Å². The number of allylic oxidation sites excluding steroid dienone is 2. The molecular formula is C24H26O. The van der Waals surface area contributed by atoms with E-state index in [1.54, 1.807) is 7.11 Å². The van der Waals surface area contributed by atoms with Crippen molar-refractivity contribution in [3.05, 3.63) is 77.4 Å². The Kier molecular flexibility index (Phi) is 8.15. The highest BCUT2D eigenvalue weighted by Gasteiger charge is 1.93. The molecular weight excluding hydrogens is 304 g/mol. The maximum absolute atomic E-state index is 5.14. The predicted molar refractivity (Wildman–Crippen MR) is 109 cm³/mol. The number of hydrogen-bond donors (Lipinski definition) is 0. The fourth-order valence-electron chi connectivity index (χ4n) is 2.46. The van der Waals surface area contributed by atoms with Crippen LogP contribution in [0.4, 0.5) is 0 Å². The number of rotatable bonds is 7. The van der Waals surface area contributed by atoms with Crippen LogP contribution in [-0.4, -0.2) is 7.11 Å². The van der Waals surface area contributed by atoms with Crippen molar-refractivity contribution in [2.45, 2.75) is 32.6 Å². The second kappa shape index (κ2) is 10.9. The monoisotopic (exact) mass is 330 g/mol. The van der Waals surface area contributed by atoms with Gasteiger partial charge in [-0.2, -0.15) is 0 Å². The largest absolute Gasteiger partial charge is 0.497 e. The van der Waals surface area contributed by atoms with E-state index >= 15 is 0 Å². The molecule has 0 radical (unpaired) electrons. The second-order valence-electron chi connectivity index (χ2n) is 5.93. The molecule has 0 fully saturated rings. The summed E-state index contributed by atoms with van der Waals surface area (Å²) in [6.07, 6.45) is 12.8. The number of methoxy groups -OCH3 is 1. The molecule has 0 saturated heterocycles. The summed E-state index contributed by atoms with van der Waals surface area (Å²) < 4.78 is 5.14. The number of ether oxygens (including phenoxy) is 1. The molecule has 0 heterocycles. The van der Waals surface area contributed by atoms with Gasteiger partial charge in [0.1, 0.15) is 5.75 Å². The first kappa shape index (κ1) is 18.6. The van der Waals surface area contributed by atoms with Crippen LogP contribution in [0.1, 0.15) is 42.9 Å². The summed E-state index contributed by atoms with van der Waals surface area (Å²) in [5.41, 5.74) is 3.71. The van der Waals surface area contributed by atoms with E-state index in [1.807, 2.05) is 48.6 Å². The average Bonchev–Trinajstić information content (AvgIpc) is 2.66. The lowest BCUT2D eigenvalue weighted by Crippen LogP contribution is -1.85. The number of unbranched alkanes of at least 4 members (excludes halogenated alkanes) is 2. The van der Waals surface area contributed by atoms with Gasteiger partial charge in [0.05, 0.1) is 7.11 Å². The summed E-state index contributed by atoms with van der Waals surface area (Å²) in [5, 5.41) is 0. The topological polar surface area (TPSA) is 9.23 Å². The van der Waals surface area contributed by atoms with Crippen LogP contribution < -0.4 is 4.74 Å². The Morgan fingerprint density at radius 1 is 0.800 bits per heavy atom.